The Hall–Kier alpha value is -2.93. The van der Waals surface area contributed by atoms with E-state index in [4.69, 9.17) is 8.83 Å². The topological polar surface area (TPSA) is 84.4 Å². The van der Waals surface area contributed by atoms with Gasteiger partial charge >= 0.3 is 0 Å². The molecule has 0 saturated carbocycles. The number of aromatic nitrogens is 2. The lowest BCUT2D eigenvalue weighted by molar-refractivity contribution is -0.119. The van der Waals surface area contributed by atoms with E-state index in [1.165, 1.54) is 0 Å². The van der Waals surface area contributed by atoms with Gasteiger partial charge in [-0.15, -0.1) is 0 Å². The number of rotatable bonds is 5. The van der Waals surface area contributed by atoms with E-state index in [1.54, 1.807) is 13.2 Å². The first-order valence-electron chi connectivity index (χ1n) is 8.99. The van der Waals surface area contributed by atoms with Crippen LogP contribution in [0.4, 0.5) is 0 Å². The van der Waals surface area contributed by atoms with Crippen molar-refractivity contribution in [2.75, 3.05) is 13.1 Å². The third-order valence-electron chi connectivity index (χ3n) is 4.76. The van der Waals surface area contributed by atoms with Gasteiger partial charge in [0.2, 0.25) is 5.91 Å². The van der Waals surface area contributed by atoms with Crippen LogP contribution in [0.1, 0.15) is 29.9 Å². The summed E-state index contributed by atoms with van der Waals surface area (Å²) >= 11 is 0. The maximum absolute atomic E-state index is 11.6. The largest absolute Gasteiger partial charge is 0.466 e. The van der Waals surface area contributed by atoms with E-state index in [1.807, 2.05) is 43.6 Å². The molecule has 1 fully saturated rings. The van der Waals surface area contributed by atoms with Crippen LogP contribution in [-0.4, -0.2) is 39.9 Å². The Kier molecular flexibility index (Phi) is 4.77. The smallest absolute Gasteiger partial charge is 0.217 e. The van der Waals surface area contributed by atoms with Gasteiger partial charge in [-0.2, -0.15) is 0 Å². The van der Waals surface area contributed by atoms with Gasteiger partial charge in [0.15, 0.2) is 11.6 Å². The Balaban J connectivity index is 1.46. The van der Waals surface area contributed by atoms with Gasteiger partial charge in [-0.05, 0) is 31.2 Å². The first-order valence-corrected chi connectivity index (χ1v) is 8.99. The van der Waals surface area contributed by atoms with Gasteiger partial charge in [0.05, 0.1) is 18.2 Å². The summed E-state index contributed by atoms with van der Waals surface area (Å²) < 4.78 is 11.1. The predicted octanol–water partition coefficient (Wildman–Crippen LogP) is 2.74. The molecule has 4 rings (SSSR count). The van der Waals surface area contributed by atoms with Crippen LogP contribution in [0.2, 0.25) is 0 Å². The number of nitrogens with one attached hydrogen (secondary N) is 1. The van der Waals surface area contributed by atoms with Crippen LogP contribution in [0.3, 0.4) is 0 Å². The summed E-state index contributed by atoms with van der Waals surface area (Å²) in [6, 6.07) is 7.64. The fourth-order valence-corrected chi connectivity index (χ4v) is 3.59. The van der Waals surface area contributed by atoms with Crippen LogP contribution in [-0.2, 0) is 11.3 Å². The van der Waals surface area contributed by atoms with E-state index in [0.29, 0.717) is 18.1 Å². The Morgan fingerprint density at radius 1 is 1.26 bits per heavy atom. The van der Waals surface area contributed by atoms with Gasteiger partial charge in [0.1, 0.15) is 11.5 Å². The Bertz CT molecular complexity index is 902. The summed E-state index contributed by atoms with van der Waals surface area (Å²) in [6.45, 7) is 5.75. The SMILES string of the molecule is CC(=O)N[C@@H]1CN(Cc2cnc(-c3ccco3)nc2)C[C@H]1c1ccc(C)o1. The standard InChI is InChI=1S/C20H22N4O3/c1-13-5-6-18(27-13)16-11-24(12-17(16)23-14(2)25)10-15-8-21-20(22-9-15)19-4-3-7-26-19/h3-9,16-17H,10-12H2,1-2H3,(H,23,25)/t16-,17-/m1/s1. The van der Waals surface area contributed by atoms with Crippen LogP contribution in [0, 0.1) is 6.92 Å². The summed E-state index contributed by atoms with van der Waals surface area (Å²) in [5, 5.41) is 3.06. The van der Waals surface area contributed by atoms with Crippen molar-refractivity contribution in [3.63, 3.8) is 0 Å². The second-order valence-electron chi connectivity index (χ2n) is 6.95. The lowest BCUT2D eigenvalue weighted by Crippen LogP contribution is -2.38. The molecule has 0 aromatic carbocycles. The minimum atomic E-state index is -0.0266. The fourth-order valence-electron chi connectivity index (χ4n) is 3.59. The number of likely N-dealkylation sites (tertiary alicyclic amines) is 1. The Morgan fingerprint density at radius 2 is 2.07 bits per heavy atom. The third-order valence-corrected chi connectivity index (χ3v) is 4.76. The molecule has 2 atom stereocenters. The zero-order valence-electron chi connectivity index (χ0n) is 15.4. The van der Waals surface area contributed by atoms with Gasteiger partial charge in [-0.1, -0.05) is 0 Å². The molecule has 7 heteroatoms. The number of nitrogens with zero attached hydrogens (tertiary/aromatic N) is 3. The van der Waals surface area contributed by atoms with Crippen molar-refractivity contribution in [1.82, 2.24) is 20.2 Å². The van der Waals surface area contributed by atoms with Gasteiger partial charge in [-0.25, -0.2) is 9.97 Å². The maximum Gasteiger partial charge on any atom is 0.217 e. The average molecular weight is 366 g/mol. The molecule has 140 valence electrons. The van der Waals surface area contributed by atoms with Crippen molar-refractivity contribution in [3.05, 3.63) is 60.0 Å². The van der Waals surface area contributed by atoms with Crippen LogP contribution in [0.5, 0.6) is 0 Å². The highest BCUT2D eigenvalue weighted by Gasteiger charge is 2.36. The molecule has 27 heavy (non-hydrogen) atoms. The van der Waals surface area contributed by atoms with Crippen LogP contribution >= 0.6 is 0 Å². The second-order valence-corrected chi connectivity index (χ2v) is 6.95. The quantitative estimate of drug-likeness (QED) is 0.747. The lowest BCUT2D eigenvalue weighted by Gasteiger charge is -2.17. The van der Waals surface area contributed by atoms with Crippen molar-refractivity contribution in [2.24, 2.45) is 0 Å². The number of hydrogen-bond donors (Lipinski definition) is 1. The van der Waals surface area contributed by atoms with E-state index in [2.05, 4.69) is 20.2 Å². The summed E-state index contributed by atoms with van der Waals surface area (Å²) in [4.78, 5) is 22.7. The summed E-state index contributed by atoms with van der Waals surface area (Å²) in [7, 11) is 0. The van der Waals surface area contributed by atoms with Crippen molar-refractivity contribution in [3.8, 4) is 11.6 Å². The van der Waals surface area contributed by atoms with Gasteiger partial charge in [0, 0.05) is 44.5 Å². The number of carbonyl (C=O) groups is 1. The molecule has 3 aromatic rings. The highest BCUT2D eigenvalue weighted by atomic mass is 16.3. The fraction of sp³-hybridized carbons (Fsp3) is 0.350. The van der Waals surface area contributed by atoms with E-state index in [-0.39, 0.29) is 17.9 Å². The van der Waals surface area contributed by atoms with Gasteiger partial charge in [-0.3, -0.25) is 9.69 Å². The Morgan fingerprint density at radius 3 is 2.70 bits per heavy atom. The molecule has 1 N–H and O–H groups in total. The highest BCUT2D eigenvalue weighted by molar-refractivity contribution is 5.73. The molecular weight excluding hydrogens is 344 g/mol. The minimum absolute atomic E-state index is 0.0244. The van der Waals surface area contributed by atoms with E-state index in [9.17, 15) is 4.79 Å². The number of carbonyl (C=O) groups excluding carboxylic acids is 1. The maximum atomic E-state index is 11.6. The summed E-state index contributed by atoms with van der Waals surface area (Å²) in [5.74, 6) is 3.13. The molecule has 4 heterocycles. The Labute approximate surface area is 157 Å². The van der Waals surface area contributed by atoms with Crippen LogP contribution in [0.15, 0.2) is 51.8 Å². The molecule has 0 unspecified atom stereocenters. The molecule has 3 aromatic heterocycles. The number of aryl methyl sites for hydroxylation is 1. The first kappa shape index (κ1) is 17.5. The van der Waals surface area contributed by atoms with Gasteiger partial charge in [0.25, 0.3) is 0 Å². The zero-order chi connectivity index (χ0) is 18.8. The van der Waals surface area contributed by atoms with E-state index >= 15 is 0 Å². The minimum Gasteiger partial charge on any atom is -0.466 e. The summed E-state index contributed by atoms with van der Waals surface area (Å²) in [6.07, 6.45) is 5.25. The number of furan rings is 2. The highest BCUT2D eigenvalue weighted by Crippen LogP contribution is 2.30. The first-order chi connectivity index (χ1) is 13.1. The monoisotopic (exact) mass is 366 g/mol. The molecule has 7 nitrogen and oxygen atoms in total. The molecule has 0 spiro atoms. The van der Waals surface area contributed by atoms with E-state index < -0.39 is 0 Å². The lowest BCUT2D eigenvalue weighted by atomic mass is 10.0. The summed E-state index contributed by atoms with van der Waals surface area (Å²) in [5.41, 5.74) is 1.02. The van der Waals surface area contributed by atoms with Crippen molar-refractivity contribution < 1.29 is 13.6 Å². The van der Waals surface area contributed by atoms with Crippen molar-refractivity contribution in [2.45, 2.75) is 32.4 Å². The molecule has 1 aliphatic heterocycles. The zero-order valence-corrected chi connectivity index (χ0v) is 15.4. The second kappa shape index (κ2) is 7.36. The number of hydrogen-bond acceptors (Lipinski definition) is 6. The van der Waals surface area contributed by atoms with Crippen molar-refractivity contribution >= 4 is 5.91 Å². The molecule has 0 aliphatic carbocycles. The van der Waals surface area contributed by atoms with E-state index in [0.717, 1.165) is 30.2 Å². The van der Waals surface area contributed by atoms with Crippen LogP contribution < -0.4 is 5.32 Å². The van der Waals surface area contributed by atoms with Gasteiger partial charge < -0.3 is 14.2 Å². The molecule has 1 saturated heterocycles. The average Bonchev–Trinajstić information content (AvgIpc) is 3.37. The number of amides is 1. The molecule has 1 aliphatic rings. The molecule has 0 bridgehead atoms. The third kappa shape index (κ3) is 3.93. The molecule has 0 radical (unpaired) electrons. The van der Waals surface area contributed by atoms with Crippen molar-refractivity contribution in [1.29, 1.82) is 0 Å². The van der Waals surface area contributed by atoms with Crippen LogP contribution in [0.25, 0.3) is 11.6 Å². The normalized spacial score (nSPS) is 20.1. The predicted molar refractivity (Wildman–Crippen MR) is 98.8 cm³/mol. The molecular formula is C20H22N4O3. The molecule has 1 amide bonds.